The summed E-state index contributed by atoms with van der Waals surface area (Å²) in [5, 5.41) is 3.31. The number of amides is 2. The third-order valence-electron chi connectivity index (χ3n) is 4.34. The second-order valence-corrected chi connectivity index (χ2v) is 7.38. The maximum absolute atomic E-state index is 12.9. The van der Waals surface area contributed by atoms with Gasteiger partial charge in [0, 0.05) is 18.2 Å². The number of nitrogens with zero attached hydrogens (tertiary/aromatic N) is 1. The summed E-state index contributed by atoms with van der Waals surface area (Å²) in [6.07, 6.45) is 0. The summed E-state index contributed by atoms with van der Waals surface area (Å²) in [4.78, 5) is 26.7. The molecular weight excluding hydrogens is 423 g/mol. The number of hydrogen-bond donors (Lipinski definition) is 1. The van der Waals surface area contributed by atoms with E-state index in [9.17, 15) is 9.59 Å². The molecule has 0 radical (unpaired) electrons. The molecular formula is C23H20Cl2N2O3. The zero-order chi connectivity index (χ0) is 21.5. The fraction of sp³-hybridized carbons (Fsp3) is 0.130. The predicted molar refractivity (Wildman–Crippen MR) is 119 cm³/mol. The maximum atomic E-state index is 12.9. The molecule has 154 valence electrons. The number of hydrogen-bond acceptors (Lipinski definition) is 3. The number of likely N-dealkylation sites (N-methyl/N-ethyl adjacent to an activating group) is 1. The predicted octanol–water partition coefficient (Wildman–Crippen LogP) is 5.28. The fourth-order valence-electron chi connectivity index (χ4n) is 2.82. The molecule has 3 rings (SSSR count). The first-order chi connectivity index (χ1) is 14.5. The molecule has 0 fully saturated rings. The lowest BCUT2D eigenvalue weighted by molar-refractivity contribution is -0.116. The van der Waals surface area contributed by atoms with Crippen LogP contribution in [-0.2, 0) is 11.4 Å². The van der Waals surface area contributed by atoms with Gasteiger partial charge in [-0.15, -0.1) is 0 Å². The van der Waals surface area contributed by atoms with E-state index in [2.05, 4.69) is 5.32 Å². The summed E-state index contributed by atoms with van der Waals surface area (Å²) in [7, 11) is 1.56. The van der Waals surface area contributed by atoms with E-state index in [-0.39, 0.29) is 19.1 Å². The number of para-hydroxylation sites is 2. The van der Waals surface area contributed by atoms with E-state index in [1.54, 1.807) is 37.4 Å². The van der Waals surface area contributed by atoms with Crippen LogP contribution in [0.25, 0.3) is 0 Å². The smallest absolute Gasteiger partial charge is 0.254 e. The van der Waals surface area contributed by atoms with Gasteiger partial charge in [0.1, 0.15) is 12.4 Å². The van der Waals surface area contributed by atoms with Crippen LogP contribution < -0.4 is 10.1 Å². The number of carbonyl (C=O) groups excluding carboxylic acids is 2. The average Bonchev–Trinajstić information content (AvgIpc) is 2.75. The molecule has 0 saturated heterocycles. The highest BCUT2D eigenvalue weighted by Crippen LogP contribution is 2.29. The minimum absolute atomic E-state index is 0.158. The van der Waals surface area contributed by atoms with Gasteiger partial charge < -0.3 is 15.0 Å². The van der Waals surface area contributed by atoms with Crippen molar-refractivity contribution < 1.29 is 14.3 Å². The Balaban J connectivity index is 1.66. The Bertz CT molecular complexity index is 1020. The van der Waals surface area contributed by atoms with E-state index < -0.39 is 5.91 Å². The number of nitrogens with one attached hydrogen (secondary N) is 1. The van der Waals surface area contributed by atoms with Crippen molar-refractivity contribution in [1.82, 2.24) is 4.90 Å². The summed E-state index contributed by atoms with van der Waals surface area (Å²) in [5.74, 6) is 0.0191. The highest BCUT2D eigenvalue weighted by Gasteiger charge is 2.19. The van der Waals surface area contributed by atoms with Crippen LogP contribution in [0, 0.1) is 0 Å². The lowest BCUT2D eigenvalue weighted by Crippen LogP contribution is -2.35. The van der Waals surface area contributed by atoms with E-state index in [4.69, 9.17) is 27.9 Å². The number of carbonyl (C=O) groups is 2. The highest BCUT2D eigenvalue weighted by atomic mass is 35.5. The van der Waals surface area contributed by atoms with Crippen molar-refractivity contribution in [3.63, 3.8) is 0 Å². The second-order valence-electron chi connectivity index (χ2n) is 6.56. The van der Waals surface area contributed by atoms with Gasteiger partial charge in [0.2, 0.25) is 5.91 Å². The van der Waals surface area contributed by atoms with E-state index in [1.807, 2.05) is 42.5 Å². The first-order valence-corrected chi connectivity index (χ1v) is 9.96. The summed E-state index contributed by atoms with van der Waals surface area (Å²) in [6.45, 7) is 0.0788. The molecule has 0 heterocycles. The van der Waals surface area contributed by atoms with E-state index in [0.29, 0.717) is 27.0 Å². The zero-order valence-electron chi connectivity index (χ0n) is 16.3. The van der Waals surface area contributed by atoms with Gasteiger partial charge in [0.15, 0.2) is 0 Å². The zero-order valence-corrected chi connectivity index (χ0v) is 17.8. The van der Waals surface area contributed by atoms with Gasteiger partial charge in [-0.05, 0) is 30.3 Å². The van der Waals surface area contributed by atoms with Crippen LogP contribution in [0.3, 0.4) is 0 Å². The van der Waals surface area contributed by atoms with Crippen molar-refractivity contribution in [3.8, 4) is 5.75 Å². The van der Waals surface area contributed by atoms with Gasteiger partial charge in [-0.2, -0.15) is 0 Å². The van der Waals surface area contributed by atoms with Crippen LogP contribution in [0.4, 0.5) is 5.69 Å². The number of ether oxygens (including phenoxy) is 1. The molecule has 0 saturated carbocycles. The minimum Gasteiger partial charge on any atom is -0.489 e. The Labute approximate surface area is 185 Å². The minimum atomic E-state index is -0.404. The van der Waals surface area contributed by atoms with Crippen LogP contribution in [0.5, 0.6) is 5.75 Å². The quantitative estimate of drug-likeness (QED) is 0.541. The molecule has 2 amide bonds. The monoisotopic (exact) mass is 442 g/mol. The van der Waals surface area contributed by atoms with Crippen molar-refractivity contribution in [2.24, 2.45) is 0 Å². The van der Waals surface area contributed by atoms with Crippen LogP contribution in [0.15, 0.2) is 72.8 Å². The molecule has 0 aliphatic heterocycles. The molecule has 0 unspecified atom stereocenters. The lowest BCUT2D eigenvalue weighted by Gasteiger charge is -2.19. The molecule has 0 aromatic heterocycles. The Morgan fingerprint density at radius 3 is 2.23 bits per heavy atom. The van der Waals surface area contributed by atoms with Crippen molar-refractivity contribution in [2.45, 2.75) is 6.61 Å². The summed E-state index contributed by atoms with van der Waals surface area (Å²) < 4.78 is 5.77. The summed E-state index contributed by atoms with van der Waals surface area (Å²) >= 11 is 12.2. The standard InChI is InChI=1S/C23H20Cl2N2O3/c1-27(14-21(28)26-22-19(24)12-7-13-20(22)25)23(29)18-11-6-5-8-16(18)15-30-17-9-3-2-4-10-17/h2-13H,14-15H2,1H3,(H,26,28). The molecule has 0 spiro atoms. The number of anilines is 1. The Hall–Kier alpha value is -3.02. The maximum Gasteiger partial charge on any atom is 0.254 e. The number of halogens is 2. The van der Waals surface area contributed by atoms with Crippen molar-refractivity contribution in [3.05, 3.63) is 94.0 Å². The third kappa shape index (κ3) is 5.53. The van der Waals surface area contributed by atoms with Crippen LogP contribution >= 0.6 is 23.2 Å². The van der Waals surface area contributed by atoms with Gasteiger partial charge in [-0.1, -0.05) is 65.7 Å². The fourth-order valence-corrected chi connectivity index (χ4v) is 3.31. The van der Waals surface area contributed by atoms with Gasteiger partial charge in [0.25, 0.3) is 5.91 Å². The van der Waals surface area contributed by atoms with Gasteiger partial charge in [-0.3, -0.25) is 9.59 Å². The first-order valence-electron chi connectivity index (χ1n) is 9.21. The molecule has 0 aliphatic carbocycles. The SMILES string of the molecule is CN(CC(=O)Nc1c(Cl)cccc1Cl)C(=O)c1ccccc1COc1ccccc1. The Morgan fingerprint density at radius 2 is 1.53 bits per heavy atom. The first kappa shape index (κ1) is 21.7. The average molecular weight is 443 g/mol. The normalized spacial score (nSPS) is 10.4. The van der Waals surface area contributed by atoms with Gasteiger partial charge in [-0.25, -0.2) is 0 Å². The number of benzene rings is 3. The molecule has 0 atom stereocenters. The van der Waals surface area contributed by atoms with E-state index in [0.717, 1.165) is 5.56 Å². The molecule has 30 heavy (non-hydrogen) atoms. The molecule has 0 bridgehead atoms. The summed E-state index contributed by atoms with van der Waals surface area (Å²) in [6, 6.07) is 21.4. The second kappa shape index (κ2) is 10.1. The molecule has 0 aliphatic rings. The van der Waals surface area contributed by atoms with E-state index >= 15 is 0 Å². The van der Waals surface area contributed by atoms with Crippen molar-refractivity contribution in [1.29, 1.82) is 0 Å². The Morgan fingerprint density at radius 1 is 0.900 bits per heavy atom. The van der Waals surface area contributed by atoms with Crippen molar-refractivity contribution in [2.75, 3.05) is 18.9 Å². The number of rotatable bonds is 7. The molecule has 7 heteroatoms. The summed E-state index contributed by atoms with van der Waals surface area (Å²) in [5.41, 5.74) is 1.52. The van der Waals surface area contributed by atoms with E-state index in [1.165, 1.54) is 4.90 Å². The largest absolute Gasteiger partial charge is 0.489 e. The van der Waals surface area contributed by atoms with Gasteiger partial charge in [0.05, 0.1) is 22.3 Å². The lowest BCUT2D eigenvalue weighted by atomic mass is 10.1. The molecule has 1 N–H and O–H groups in total. The molecule has 3 aromatic carbocycles. The van der Waals surface area contributed by atoms with Crippen LogP contribution in [0.2, 0.25) is 10.0 Å². The highest BCUT2D eigenvalue weighted by molar-refractivity contribution is 6.39. The molecule has 3 aromatic rings. The topological polar surface area (TPSA) is 58.6 Å². The van der Waals surface area contributed by atoms with Gasteiger partial charge >= 0.3 is 0 Å². The third-order valence-corrected chi connectivity index (χ3v) is 4.97. The molecule has 5 nitrogen and oxygen atoms in total. The van der Waals surface area contributed by atoms with Crippen molar-refractivity contribution >= 4 is 40.7 Å². The van der Waals surface area contributed by atoms with Crippen LogP contribution in [0.1, 0.15) is 15.9 Å². The Kier molecular flexibility index (Phi) is 7.33. The van der Waals surface area contributed by atoms with Crippen LogP contribution in [-0.4, -0.2) is 30.3 Å².